The lowest BCUT2D eigenvalue weighted by Crippen LogP contribution is -2.48. The van der Waals surface area contributed by atoms with Gasteiger partial charge in [0.2, 0.25) is 0 Å². The molecule has 1 saturated heterocycles. The molecule has 1 aromatic rings. The SMILES string of the molecule is N#CC1(C2(O)CCCc3ccccc32)CCS(=O)(=O)C1. The van der Waals surface area contributed by atoms with Gasteiger partial charge in [-0.3, -0.25) is 0 Å². The molecule has 20 heavy (non-hydrogen) atoms. The number of benzene rings is 1. The number of hydrogen-bond donors (Lipinski definition) is 1. The number of rotatable bonds is 1. The van der Waals surface area contributed by atoms with Crippen molar-refractivity contribution < 1.29 is 13.5 Å². The Balaban J connectivity index is 2.16. The quantitative estimate of drug-likeness (QED) is 0.851. The third-order valence-corrected chi connectivity index (χ3v) is 6.52. The van der Waals surface area contributed by atoms with Crippen molar-refractivity contribution >= 4 is 9.84 Å². The third-order valence-electron chi connectivity index (χ3n) is 4.76. The molecule has 1 aliphatic carbocycles. The Bertz CT molecular complexity index is 691. The molecule has 2 atom stereocenters. The smallest absolute Gasteiger partial charge is 0.152 e. The summed E-state index contributed by atoms with van der Waals surface area (Å²) in [6.45, 7) is 0. The monoisotopic (exact) mass is 291 g/mol. The first kappa shape index (κ1) is 13.6. The molecule has 5 heteroatoms. The molecule has 1 N–H and O–H groups in total. The average Bonchev–Trinajstić information content (AvgIpc) is 2.77. The highest BCUT2D eigenvalue weighted by Gasteiger charge is 2.58. The highest BCUT2D eigenvalue weighted by molar-refractivity contribution is 7.91. The van der Waals surface area contributed by atoms with Crippen LogP contribution >= 0.6 is 0 Å². The predicted octanol–water partition coefficient (Wildman–Crippen LogP) is 1.54. The van der Waals surface area contributed by atoms with Crippen LogP contribution in [0.2, 0.25) is 0 Å². The van der Waals surface area contributed by atoms with E-state index in [9.17, 15) is 18.8 Å². The van der Waals surface area contributed by atoms with Crippen LogP contribution in [0.5, 0.6) is 0 Å². The fourth-order valence-electron chi connectivity index (χ4n) is 3.66. The van der Waals surface area contributed by atoms with Crippen molar-refractivity contribution in [1.82, 2.24) is 0 Å². The van der Waals surface area contributed by atoms with Crippen LogP contribution in [0.25, 0.3) is 0 Å². The van der Waals surface area contributed by atoms with Crippen LogP contribution in [0.1, 0.15) is 30.4 Å². The van der Waals surface area contributed by atoms with E-state index < -0.39 is 20.9 Å². The molecular formula is C15H17NO3S. The van der Waals surface area contributed by atoms with E-state index >= 15 is 0 Å². The second-order valence-corrected chi connectivity index (χ2v) is 8.09. The first-order chi connectivity index (χ1) is 9.43. The topological polar surface area (TPSA) is 78.2 Å². The van der Waals surface area contributed by atoms with Crippen molar-refractivity contribution in [1.29, 1.82) is 5.26 Å². The number of nitriles is 1. The Kier molecular flexibility index (Phi) is 2.93. The van der Waals surface area contributed by atoms with E-state index in [0.717, 1.165) is 24.0 Å². The summed E-state index contributed by atoms with van der Waals surface area (Å²) in [6, 6.07) is 9.69. The molecule has 1 heterocycles. The van der Waals surface area contributed by atoms with Gasteiger partial charge in [-0.2, -0.15) is 5.26 Å². The van der Waals surface area contributed by atoms with Gasteiger partial charge in [-0.05, 0) is 36.8 Å². The van der Waals surface area contributed by atoms with E-state index in [1.54, 1.807) is 0 Å². The molecule has 106 valence electrons. The lowest BCUT2D eigenvalue weighted by Gasteiger charge is -2.43. The van der Waals surface area contributed by atoms with Crippen LogP contribution in [0, 0.1) is 16.7 Å². The summed E-state index contributed by atoms with van der Waals surface area (Å²) in [5.74, 6) is -0.244. The molecule has 0 aromatic heterocycles. The molecule has 4 nitrogen and oxygen atoms in total. The van der Waals surface area contributed by atoms with Crippen molar-refractivity contribution in [2.45, 2.75) is 31.3 Å². The standard InChI is InChI=1S/C15H17NO3S/c16-10-14(8-9-20(18,19)11-14)15(17)7-3-5-12-4-1-2-6-13(12)15/h1-2,4,6,17H,3,5,7-9,11H2. The minimum Gasteiger partial charge on any atom is -0.383 e. The zero-order valence-electron chi connectivity index (χ0n) is 11.2. The van der Waals surface area contributed by atoms with Crippen molar-refractivity contribution in [3.8, 4) is 6.07 Å². The highest BCUT2D eigenvalue weighted by Crippen LogP contribution is 2.52. The third kappa shape index (κ3) is 1.79. The molecular weight excluding hydrogens is 274 g/mol. The van der Waals surface area contributed by atoms with Gasteiger partial charge in [-0.25, -0.2) is 8.42 Å². The van der Waals surface area contributed by atoms with Gasteiger partial charge in [0.1, 0.15) is 11.0 Å². The van der Waals surface area contributed by atoms with E-state index in [2.05, 4.69) is 6.07 Å². The first-order valence-electron chi connectivity index (χ1n) is 6.85. The molecule has 2 aliphatic rings. The molecule has 0 spiro atoms. The maximum Gasteiger partial charge on any atom is 0.152 e. The summed E-state index contributed by atoms with van der Waals surface area (Å²) in [5.41, 5.74) is -0.784. The molecule has 2 unspecified atom stereocenters. The van der Waals surface area contributed by atoms with Crippen LogP contribution in [-0.4, -0.2) is 25.0 Å². The number of aryl methyl sites for hydroxylation is 1. The lowest BCUT2D eigenvalue weighted by molar-refractivity contribution is -0.0639. The minimum absolute atomic E-state index is 0.00889. The summed E-state index contributed by atoms with van der Waals surface area (Å²) >= 11 is 0. The van der Waals surface area contributed by atoms with Gasteiger partial charge in [-0.1, -0.05) is 24.3 Å². The summed E-state index contributed by atoms with van der Waals surface area (Å²) in [5, 5.41) is 20.8. The van der Waals surface area contributed by atoms with Gasteiger partial charge in [0.15, 0.2) is 9.84 Å². The number of aliphatic hydroxyl groups is 1. The van der Waals surface area contributed by atoms with Crippen molar-refractivity contribution in [3.05, 3.63) is 35.4 Å². The van der Waals surface area contributed by atoms with Gasteiger partial charge in [0.25, 0.3) is 0 Å². The molecule has 1 aromatic carbocycles. The Morgan fingerprint density at radius 2 is 2.00 bits per heavy atom. The molecule has 0 amide bonds. The number of hydrogen-bond acceptors (Lipinski definition) is 4. The zero-order valence-corrected chi connectivity index (χ0v) is 12.0. The summed E-state index contributed by atoms with van der Waals surface area (Å²) in [7, 11) is -3.24. The summed E-state index contributed by atoms with van der Waals surface area (Å²) in [4.78, 5) is 0. The number of nitrogens with zero attached hydrogens (tertiary/aromatic N) is 1. The van der Waals surface area contributed by atoms with E-state index in [1.807, 2.05) is 24.3 Å². The zero-order chi connectivity index (χ0) is 14.4. The lowest BCUT2D eigenvalue weighted by atomic mass is 9.63. The Labute approximate surface area is 119 Å². The van der Waals surface area contributed by atoms with Crippen molar-refractivity contribution in [2.75, 3.05) is 11.5 Å². The Morgan fingerprint density at radius 3 is 2.65 bits per heavy atom. The van der Waals surface area contributed by atoms with Gasteiger partial charge < -0.3 is 5.11 Å². The van der Waals surface area contributed by atoms with E-state index in [1.165, 1.54) is 0 Å². The second-order valence-electron chi connectivity index (χ2n) is 5.91. The van der Waals surface area contributed by atoms with E-state index in [0.29, 0.717) is 6.42 Å². The van der Waals surface area contributed by atoms with Gasteiger partial charge in [0, 0.05) is 0 Å². The van der Waals surface area contributed by atoms with Crippen LogP contribution in [0.3, 0.4) is 0 Å². The Morgan fingerprint density at radius 1 is 1.25 bits per heavy atom. The summed E-state index contributed by atoms with van der Waals surface area (Å²) in [6.07, 6.45) is 2.31. The van der Waals surface area contributed by atoms with Gasteiger partial charge in [-0.15, -0.1) is 0 Å². The van der Waals surface area contributed by atoms with Gasteiger partial charge in [0.05, 0.1) is 17.6 Å². The molecule has 1 aliphatic heterocycles. The van der Waals surface area contributed by atoms with Crippen LogP contribution in [0.15, 0.2) is 24.3 Å². The second kappa shape index (κ2) is 4.31. The number of fused-ring (bicyclic) bond motifs is 1. The predicted molar refractivity (Wildman–Crippen MR) is 74.6 cm³/mol. The van der Waals surface area contributed by atoms with Crippen LogP contribution in [-0.2, 0) is 21.9 Å². The largest absolute Gasteiger partial charge is 0.383 e. The summed E-state index contributed by atoms with van der Waals surface area (Å²) < 4.78 is 23.7. The molecule has 0 radical (unpaired) electrons. The fraction of sp³-hybridized carbons (Fsp3) is 0.533. The maximum atomic E-state index is 11.8. The van der Waals surface area contributed by atoms with Gasteiger partial charge >= 0.3 is 0 Å². The van der Waals surface area contributed by atoms with Crippen LogP contribution in [0.4, 0.5) is 0 Å². The van der Waals surface area contributed by atoms with Crippen LogP contribution < -0.4 is 0 Å². The highest BCUT2D eigenvalue weighted by atomic mass is 32.2. The molecule has 3 rings (SSSR count). The maximum absolute atomic E-state index is 11.8. The fourth-order valence-corrected chi connectivity index (χ4v) is 5.67. The molecule has 1 fully saturated rings. The molecule has 0 saturated carbocycles. The Hall–Kier alpha value is -1.38. The molecule has 0 bridgehead atoms. The van der Waals surface area contributed by atoms with Crippen molar-refractivity contribution in [2.24, 2.45) is 5.41 Å². The normalized spacial score (nSPS) is 35.2. The minimum atomic E-state index is -3.24. The first-order valence-corrected chi connectivity index (χ1v) is 8.67. The average molecular weight is 291 g/mol. The number of sulfone groups is 1. The van der Waals surface area contributed by atoms with E-state index in [-0.39, 0.29) is 17.9 Å². The van der Waals surface area contributed by atoms with Crippen molar-refractivity contribution in [3.63, 3.8) is 0 Å². The van der Waals surface area contributed by atoms with E-state index in [4.69, 9.17) is 0 Å².